The zero-order valence-corrected chi connectivity index (χ0v) is 9.87. The van der Waals surface area contributed by atoms with Crippen LogP contribution in [0, 0.1) is 5.82 Å². The standard InChI is InChI=1S/C13H8ClFN2O/c14-7-4-5-8(11(18)6-7)13-16-10-3-1-2-9(15)12(10)17-13/h1-6,18H,(H,16,17). The van der Waals surface area contributed by atoms with Gasteiger partial charge in [0, 0.05) is 5.02 Å². The molecule has 0 aliphatic carbocycles. The Morgan fingerprint density at radius 2 is 2.06 bits per heavy atom. The predicted octanol–water partition coefficient (Wildman–Crippen LogP) is 3.73. The van der Waals surface area contributed by atoms with Crippen molar-refractivity contribution in [1.29, 1.82) is 0 Å². The second-order valence-electron chi connectivity index (χ2n) is 3.88. The van der Waals surface area contributed by atoms with E-state index in [-0.39, 0.29) is 11.3 Å². The van der Waals surface area contributed by atoms with Crippen molar-refractivity contribution in [3.8, 4) is 17.1 Å². The number of fused-ring (bicyclic) bond motifs is 1. The number of H-pyrrole nitrogens is 1. The van der Waals surface area contributed by atoms with Crippen LogP contribution < -0.4 is 0 Å². The van der Waals surface area contributed by atoms with Crippen molar-refractivity contribution in [2.75, 3.05) is 0 Å². The number of imidazole rings is 1. The summed E-state index contributed by atoms with van der Waals surface area (Å²) in [6.45, 7) is 0. The van der Waals surface area contributed by atoms with Crippen LogP contribution in [0.15, 0.2) is 36.4 Å². The molecular weight excluding hydrogens is 255 g/mol. The largest absolute Gasteiger partial charge is 0.507 e. The Hall–Kier alpha value is -2.07. The molecular formula is C13H8ClFN2O. The molecule has 2 aromatic carbocycles. The molecule has 0 saturated heterocycles. The molecule has 5 heteroatoms. The molecule has 0 radical (unpaired) electrons. The summed E-state index contributed by atoms with van der Waals surface area (Å²) in [5.41, 5.74) is 1.32. The van der Waals surface area contributed by atoms with Crippen molar-refractivity contribution >= 4 is 22.6 Å². The highest BCUT2D eigenvalue weighted by atomic mass is 35.5. The number of aromatic nitrogens is 2. The number of nitrogens with zero attached hydrogens (tertiary/aromatic N) is 1. The van der Waals surface area contributed by atoms with Gasteiger partial charge in [0.25, 0.3) is 0 Å². The van der Waals surface area contributed by atoms with Gasteiger partial charge < -0.3 is 10.1 Å². The Bertz CT molecular complexity index is 739. The van der Waals surface area contributed by atoms with Crippen molar-refractivity contribution < 1.29 is 9.50 Å². The van der Waals surface area contributed by atoms with Crippen LogP contribution in [-0.4, -0.2) is 15.1 Å². The number of aromatic hydroxyl groups is 1. The van der Waals surface area contributed by atoms with Crippen molar-refractivity contribution in [1.82, 2.24) is 9.97 Å². The summed E-state index contributed by atoms with van der Waals surface area (Å²) in [5.74, 6) is 0.00897. The maximum atomic E-state index is 13.5. The molecule has 2 N–H and O–H groups in total. The molecule has 0 amide bonds. The number of hydrogen-bond acceptors (Lipinski definition) is 2. The molecule has 0 spiro atoms. The van der Waals surface area contributed by atoms with Gasteiger partial charge in [-0.3, -0.25) is 0 Å². The molecule has 0 atom stereocenters. The van der Waals surface area contributed by atoms with Gasteiger partial charge in [-0.05, 0) is 30.3 Å². The molecule has 3 aromatic rings. The van der Waals surface area contributed by atoms with Gasteiger partial charge >= 0.3 is 0 Å². The van der Waals surface area contributed by atoms with Crippen LogP contribution in [0.2, 0.25) is 5.02 Å². The first-order valence-electron chi connectivity index (χ1n) is 5.28. The van der Waals surface area contributed by atoms with Gasteiger partial charge in [0.1, 0.15) is 17.1 Å². The number of halogens is 2. The summed E-state index contributed by atoms with van der Waals surface area (Å²) in [6.07, 6.45) is 0. The van der Waals surface area contributed by atoms with Gasteiger partial charge in [0.2, 0.25) is 0 Å². The van der Waals surface area contributed by atoms with Crippen LogP contribution in [0.1, 0.15) is 0 Å². The van der Waals surface area contributed by atoms with E-state index in [9.17, 15) is 9.50 Å². The Morgan fingerprint density at radius 3 is 2.78 bits per heavy atom. The molecule has 3 rings (SSSR count). The van der Waals surface area contributed by atoms with Gasteiger partial charge in [-0.1, -0.05) is 17.7 Å². The van der Waals surface area contributed by atoms with E-state index in [0.29, 0.717) is 21.9 Å². The second kappa shape index (κ2) is 3.99. The summed E-state index contributed by atoms with van der Waals surface area (Å²) in [6, 6.07) is 9.35. The molecule has 3 nitrogen and oxygen atoms in total. The number of phenols is 1. The highest BCUT2D eigenvalue weighted by molar-refractivity contribution is 6.30. The monoisotopic (exact) mass is 262 g/mol. The van der Waals surface area contributed by atoms with Crippen LogP contribution in [0.4, 0.5) is 4.39 Å². The first kappa shape index (κ1) is 11.0. The predicted molar refractivity (Wildman–Crippen MR) is 68.2 cm³/mol. The van der Waals surface area contributed by atoms with E-state index in [1.54, 1.807) is 24.3 Å². The van der Waals surface area contributed by atoms with Crippen LogP contribution >= 0.6 is 11.6 Å². The van der Waals surface area contributed by atoms with Crippen molar-refractivity contribution in [2.45, 2.75) is 0 Å². The number of hydrogen-bond donors (Lipinski definition) is 2. The van der Waals surface area contributed by atoms with E-state index in [0.717, 1.165) is 0 Å². The van der Waals surface area contributed by atoms with E-state index < -0.39 is 5.82 Å². The fourth-order valence-corrected chi connectivity index (χ4v) is 2.00. The third-order valence-corrected chi connectivity index (χ3v) is 2.91. The lowest BCUT2D eigenvalue weighted by Gasteiger charge is -2.00. The van der Waals surface area contributed by atoms with Crippen LogP contribution in [0.3, 0.4) is 0 Å². The molecule has 0 aliphatic rings. The lowest BCUT2D eigenvalue weighted by atomic mass is 10.2. The molecule has 90 valence electrons. The second-order valence-corrected chi connectivity index (χ2v) is 4.32. The van der Waals surface area contributed by atoms with E-state index in [1.165, 1.54) is 12.1 Å². The van der Waals surface area contributed by atoms with Gasteiger partial charge in [-0.15, -0.1) is 0 Å². The highest BCUT2D eigenvalue weighted by Crippen LogP contribution is 2.31. The molecule has 0 unspecified atom stereocenters. The average molecular weight is 263 g/mol. The van der Waals surface area contributed by atoms with Crippen molar-refractivity contribution in [2.24, 2.45) is 0 Å². The smallest absolute Gasteiger partial charge is 0.151 e. The Balaban J connectivity index is 2.23. The number of rotatable bonds is 1. The molecule has 1 heterocycles. The Kier molecular flexibility index (Phi) is 2.45. The molecule has 0 aliphatic heterocycles. The Morgan fingerprint density at radius 1 is 1.22 bits per heavy atom. The first-order chi connectivity index (χ1) is 8.65. The SMILES string of the molecule is Oc1cc(Cl)ccc1-c1nc2c(F)cccc2[nH]1. The number of aromatic amines is 1. The molecule has 0 saturated carbocycles. The van der Waals surface area contributed by atoms with E-state index in [1.807, 2.05) is 0 Å². The fraction of sp³-hybridized carbons (Fsp3) is 0. The van der Waals surface area contributed by atoms with Crippen LogP contribution in [0.25, 0.3) is 22.4 Å². The topological polar surface area (TPSA) is 48.9 Å². The zero-order chi connectivity index (χ0) is 12.7. The molecule has 0 fully saturated rings. The first-order valence-corrected chi connectivity index (χ1v) is 5.66. The minimum atomic E-state index is -0.400. The highest BCUT2D eigenvalue weighted by Gasteiger charge is 2.11. The Labute approximate surface area is 107 Å². The summed E-state index contributed by atoms with van der Waals surface area (Å²) in [4.78, 5) is 7.10. The van der Waals surface area contributed by atoms with Gasteiger partial charge in [-0.2, -0.15) is 0 Å². The van der Waals surface area contributed by atoms with E-state index >= 15 is 0 Å². The number of para-hydroxylation sites is 1. The third-order valence-electron chi connectivity index (χ3n) is 2.68. The summed E-state index contributed by atoms with van der Waals surface area (Å²) >= 11 is 5.76. The third kappa shape index (κ3) is 1.71. The average Bonchev–Trinajstić information content (AvgIpc) is 2.74. The minimum absolute atomic E-state index is 0.00182. The van der Waals surface area contributed by atoms with Gasteiger partial charge in [0.05, 0.1) is 11.1 Å². The summed E-state index contributed by atoms with van der Waals surface area (Å²) in [7, 11) is 0. The lowest BCUT2D eigenvalue weighted by Crippen LogP contribution is -1.81. The van der Waals surface area contributed by atoms with E-state index in [4.69, 9.17) is 11.6 Å². The molecule has 1 aromatic heterocycles. The normalized spacial score (nSPS) is 11.0. The van der Waals surface area contributed by atoms with Crippen molar-refractivity contribution in [3.63, 3.8) is 0 Å². The maximum Gasteiger partial charge on any atom is 0.151 e. The van der Waals surface area contributed by atoms with Crippen LogP contribution in [0.5, 0.6) is 5.75 Å². The number of nitrogens with one attached hydrogen (secondary N) is 1. The van der Waals surface area contributed by atoms with Gasteiger partial charge in [0.15, 0.2) is 5.82 Å². The molecule has 0 bridgehead atoms. The fourth-order valence-electron chi connectivity index (χ4n) is 1.83. The maximum absolute atomic E-state index is 13.5. The lowest BCUT2D eigenvalue weighted by molar-refractivity contribution is 0.477. The van der Waals surface area contributed by atoms with Crippen molar-refractivity contribution in [3.05, 3.63) is 47.2 Å². The summed E-state index contributed by atoms with van der Waals surface area (Å²) < 4.78 is 13.5. The summed E-state index contributed by atoms with van der Waals surface area (Å²) in [5, 5.41) is 10.2. The van der Waals surface area contributed by atoms with Crippen LogP contribution in [-0.2, 0) is 0 Å². The minimum Gasteiger partial charge on any atom is -0.507 e. The molecule has 18 heavy (non-hydrogen) atoms. The quantitative estimate of drug-likeness (QED) is 0.702. The van der Waals surface area contributed by atoms with Gasteiger partial charge in [-0.25, -0.2) is 9.37 Å². The zero-order valence-electron chi connectivity index (χ0n) is 9.11. The van der Waals surface area contributed by atoms with E-state index in [2.05, 4.69) is 9.97 Å². The number of phenolic OH excluding ortho intramolecular Hbond substituents is 1. The number of benzene rings is 2.